The second kappa shape index (κ2) is 4.54. The third-order valence-corrected chi connectivity index (χ3v) is 4.46. The van der Waals surface area contributed by atoms with Gasteiger partial charge in [-0.1, -0.05) is 24.3 Å². The van der Waals surface area contributed by atoms with Crippen LogP contribution in [0.5, 0.6) is 0 Å². The van der Waals surface area contributed by atoms with Crippen LogP contribution in [-0.2, 0) is 6.42 Å². The molecule has 0 saturated heterocycles. The number of rotatable bonds is 1. The van der Waals surface area contributed by atoms with E-state index in [1.165, 1.54) is 29.7 Å². The number of fused-ring (bicyclic) bond motifs is 1. The molecule has 0 aliphatic carbocycles. The van der Waals surface area contributed by atoms with Crippen LogP contribution < -0.4 is 0 Å². The summed E-state index contributed by atoms with van der Waals surface area (Å²) in [6, 6.07) is 9.03. The van der Waals surface area contributed by atoms with Crippen LogP contribution in [0.25, 0.3) is 11.4 Å². The van der Waals surface area contributed by atoms with Crippen LogP contribution in [0.2, 0.25) is 0 Å². The third kappa shape index (κ3) is 1.81. The van der Waals surface area contributed by atoms with E-state index in [1.807, 2.05) is 0 Å². The first-order chi connectivity index (χ1) is 8.68. The van der Waals surface area contributed by atoms with Crippen molar-refractivity contribution in [2.45, 2.75) is 39.2 Å². The third-order valence-electron chi connectivity index (χ3n) is 3.82. The molecule has 0 N–H and O–H groups in total. The van der Waals surface area contributed by atoms with Gasteiger partial charge in [0.25, 0.3) is 0 Å². The van der Waals surface area contributed by atoms with E-state index < -0.39 is 0 Å². The van der Waals surface area contributed by atoms with E-state index in [2.05, 4.69) is 58.6 Å². The van der Waals surface area contributed by atoms with E-state index in [0.717, 1.165) is 16.8 Å². The van der Waals surface area contributed by atoms with Crippen molar-refractivity contribution in [2.24, 2.45) is 0 Å². The molecule has 1 aliphatic heterocycles. The van der Waals surface area contributed by atoms with Crippen molar-refractivity contribution in [3.63, 3.8) is 0 Å². The predicted molar refractivity (Wildman–Crippen MR) is 77.7 cm³/mol. The lowest BCUT2D eigenvalue weighted by Gasteiger charge is -2.24. The summed E-state index contributed by atoms with van der Waals surface area (Å²) < 4.78 is 3.43. The molecule has 1 aromatic heterocycles. The van der Waals surface area contributed by atoms with E-state index in [1.54, 1.807) is 0 Å². The molecular weight excluding hydrogens is 288 g/mol. The Morgan fingerprint density at radius 3 is 2.89 bits per heavy atom. The lowest BCUT2D eigenvalue weighted by molar-refractivity contribution is 0.435. The molecule has 3 rings (SSSR count). The molecule has 2 aromatic rings. The molecular formula is C15H17BrN2. The Morgan fingerprint density at radius 2 is 2.11 bits per heavy atom. The molecule has 2 nitrogen and oxygen atoms in total. The molecule has 3 heteroatoms. The quantitative estimate of drug-likeness (QED) is 0.757. The van der Waals surface area contributed by atoms with Crippen LogP contribution in [0, 0.1) is 6.92 Å². The standard InChI is InChI=1S/C15H17BrN2/c1-10-6-3-4-8-12(10)15-17-14(16)13-9-5-7-11(2)18(13)15/h3-4,6,8,11H,5,7,9H2,1-2H3. The minimum Gasteiger partial charge on any atom is -0.324 e. The van der Waals surface area contributed by atoms with Crippen molar-refractivity contribution in [3.05, 3.63) is 40.1 Å². The molecule has 1 aromatic carbocycles. The molecule has 0 radical (unpaired) electrons. The topological polar surface area (TPSA) is 17.8 Å². The van der Waals surface area contributed by atoms with E-state index in [0.29, 0.717) is 6.04 Å². The van der Waals surface area contributed by atoms with E-state index in [9.17, 15) is 0 Å². The second-order valence-electron chi connectivity index (χ2n) is 5.10. The largest absolute Gasteiger partial charge is 0.324 e. The molecule has 1 aliphatic rings. The molecule has 1 unspecified atom stereocenters. The Bertz CT molecular complexity index is 586. The van der Waals surface area contributed by atoms with E-state index in [4.69, 9.17) is 4.98 Å². The van der Waals surface area contributed by atoms with Gasteiger partial charge in [-0.05, 0) is 54.6 Å². The van der Waals surface area contributed by atoms with Crippen molar-refractivity contribution < 1.29 is 0 Å². The highest BCUT2D eigenvalue weighted by Crippen LogP contribution is 2.36. The minimum atomic E-state index is 0.544. The Balaban J connectivity index is 2.22. The van der Waals surface area contributed by atoms with Gasteiger partial charge >= 0.3 is 0 Å². The van der Waals surface area contributed by atoms with Gasteiger partial charge in [0.2, 0.25) is 0 Å². The molecule has 0 fully saturated rings. The first kappa shape index (κ1) is 12.0. The average Bonchev–Trinajstić information content (AvgIpc) is 2.69. The van der Waals surface area contributed by atoms with Gasteiger partial charge in [-0.25, -0.2) is 4.98 Å². The highest BCUT2D eigenvalue weighted by atomic mass is 79.9. The normalized spacial score (nSPS) is 18.7. The van der Waals surface area contributed by atoms with Gasteiger partial charge in [0.05, 0.1) is 5.69 Å². The van der Waals surface area contributed by atoms with Crippen molar-refractivity contribution in [1.29, 1.82) is 0 Å². The number of hydrogen-bond acceptors (Lipinski definition) is 1. The molecule has 0 spiro atoms. The zero-order chi connectivity index (χ0) is 12.7. The zero-order valence-electron chi connectivity index (χ0n) is 10.8. The van der Waals surface area contributed by atoms with Gasteiger partial charge in [0.15, 0.2) is 0 Å². The van der Waals surface area contributed by atoms with Crippen molar-refractivity contribution in [2.75, 3.05) is 0 Å². The highest BCUT2D eigenvalue weighted by Gasteiger charge is 2.24. The Morgan fingerprint density at radius 1 is 1.33 bits per heavy atom. The first-order valence-electron chi connectivity index (χ1n) is 6.51. The summed E-state index contributed by atoms with van der Waals surface area (Å²) in [6.07, 6.45) is 3.64. The van der Waals surface area contributed by atoms with Crippen molar-refractivity contribution >= 4 is 15.9 Å². The number of halogens is 1. The Kier molecular flexibility index (Phi) is 3.02. The van der Waals surface area contributed by atoms with Crippen LogP contribution in [-0.4, -0.2) is 9.55 Å². The van der Waals surface area contributed by atoms with Gasteiger partial charge in [-0.3, -0.25) is 0 Å². The highest BCUT2D eigenvalue weighted by molar-refractivity contribution is 9.10. The average molecular weight is 305 g/mol. The predicted octanol–water partition coefficient (Wildman–Crippen LogP) is 4.52. The SMILES string of the molecule is Cc1ccccc1-c1nc(Br)c2n1C(C)CCC2. The van der Waals surface area contributed by atoms with Crippen molar-refractivity contribution in [1.82, 2.24) is 9.55 Å². The number of nitrogens with zero attached hydrogens (tertiary/aromatic N) is 2. The summed E-state index contributed by atoms with van der Waals surface area (Å²) in [4.78, 5) is 4.75. The smallest absolute Gasteiger partial charge is 0.142 e. The van der Waals surface area contributed by atoms with Gasteiger partial charge in [-0.15, -0.1) is 0 Å². The van der Waals surface area contributed by atoms with E-state index >= 15 is 0 Å². The number of aryl methyl sites for hydroxylation is 1. The Labute approximate surface area is 116 Å². The minimum absolute atomic E-state index is 0.544. The van der Waals surface area contributed by atoms with Gasteiger partial charge in [0.1, 0.15) is 10.4 Å². The molecule has 94 valence electrons. The summed E-state index contributed by atoms with van der Waals surface area (Å²) in [6.45, 7) is 4.44. The van der Waals surface area contributed by atoms with Crippen LogP contribution >= 0.6 is 15.9 Å². The summed E-state index contributed by atoms with van der Waals surface area (Å²) in [5, 5.41) is 0. The zero-order valence-corrected chi connectivity index (χ0v) is 12.4. The van der Waals surface area contributed by atoms with Crippen LogP contribution in [0.3, 0.4) is 0 Å². The molecule has 0 saturated carbocycles. The maximum absolute atomic E-state index is 4.75. The molecule has 1 atom stereocenters. The van der Waals surface area contributed by atoms with Gasteiger partial charge < -0.3 is 4.57 Å². The number of hydrogen-bond donors (Lipinski definition) is 0. The lowest BCUT2D eigenvalue weighted by atomic mass is 10.0. The Hall–Kier alpha value is -1.09. The summed E-state index contributed by atoms with van der Waals surface area (Å²) in [5.74, 6) is 1.11. The summed E-state index contributed by atoms with van der Waals surface area (Å²) in [5.41, 5.74) is 3.89. The van der Waals surface area contributed by atoms with Crippen molar-refractivity contribution in [3.8, 4) is 11.4 Å². The monoisotopic (exact) mass is 304 g/mol. The van der Waals surface area contributed by atoms with Crippen LogP contribution in [0.4, 0.5) is 0 Å². The summed E-state index contributed by atoms with van der Waals surface area (Å²) >= 11 is 3.62. The molecule has 0 bridgehead atoms. The fraction of sp³-hybridized carbons (Fsp3) is 0.400. The maximum atomic E-state index is 4.75. The molecule has 2 heterocycles. The first-order valence-corrected chi connectivity index (χ1v) is 7.30. The number of aromatic nitrogens is 2. The molecule has 0 amide bonds. The lowest BCUT2D eigenvalue weighted by Crippen LogP contribution is -2.16. The van der Waals surface area contributed by atoms with Crippen LogP contribution in [0.15, 0.2) is 28.9 Å². The van der Waals surface area contributed by atoms with Crippen LogP contribution in [0.1, 0.15) is 37.1 Å². The van der Waals surface area contributed by atoms with E-state index in [-0.39, 0.29) is 0 Å². The second-order valence-corrected chi connectivity index (χ2v) is 5.85. The van der Waals surface area contributed by atoms with Gasteiger partial charge in [0, 0.05) is 11.6 Å². The molecule has 18 heavy (non-hydrogen) atoms. The number of imidazole rings is 1. The maximum Gasteiger partial charge on any atom is 0.142 e. The van der Waals surface area contributed by atoms with Gasteiger partial charge in [-0.2, -0.15) is 0 Å². The fourth-order valence-electron chi connectivity index (χ4n) is 2.84. The fourth-order valence-corrected chi connectivity index (χ4v) is 3.40. The summed E-state index contributed by atoms with van der Waals surface area (Å²) in [7, 11) is 0. The number of benzene rings is 1.